The van der Waals surface area contributed by atoms with Crippen molar-refractivity contribution in [2.45, 2.75) is 52.3 Å². The van der Waals surface area contributed by atoms with E-state index in [-0.39, 0.29) is 11.6 Å². The van der Waals surface area contributed by atoms with Crippen LogP contribution in [0.4, 0.5) is 4.79 Å². The van der Waals surface area contributed by atoms with Crippen molar-refractivity contribution in [3.63, 3.8) is 0 Å². The summed E-state index contributed by atoms with van der Waals surface area (Å²) in [6.45, 7) is 8.20. The number of carboxylic acids is 1. The maximum Gasteiger partial charge on any atom is 0.407 e. The number of rotatable bonds is 7. The molecule has 0 saturated carbocycles. The Labute approximate surface area is 130 Å². The topological polar surface area (TPSA) is 101 Å². The van der Waals surface area contributed by atoms with Gasteiger partial charge in [-0.15, -0.1) is 0 Å². The Hall–Kier alpha value is -2.02. The lowest BCUT2D eigenvalue weighted by molar-refractivity contribution is 0.0521. The van der Waals surface area contributed by atoms with Gasteiger partial charge in [0.1, 0.15) is 17.6 Å². The maximum absolute atomic E-state index is 11.6. The van der Waals surface area contributed by atoms with Gasteiger partial charge in [0, 0.05) is 12.6 Å². The number of ether oxygens (including phenoxy) is 1. The van der Waals surface area contributed by atoms with Crippen LogP contribution in [0.25, 0.3) is 0 Å². The molecule has 0 aliphatic heterocycles. The van der Waals surface area contributed by atoms with Crippen molar-refractivity contribution >= 4 is 12.1 Å². The molecule has 0 spiro atoms. The van der Waals surface area contributed by atoms with Gasteiger partial charge >= 0.3 is 12.1 Å². The first kappa shape index (κ1) is 18.0. The second-order valence-electron chi connectivity index (χ2n) is 5.98. The van der Waals surface area contributed by atoms with Crippen molar-refractivity contribution < 1.29 is 23.8 Å². The fraction of sp³-hybridized carbons (Fsp3) is 0.600. The Balaban J connectivity index is 2.38. The summed E-state index contributed by atoms with van der Waals surface area (Å²) in [6, 6.07) is 1.51. The highest BCUT2D eigenvalue weighted by Crippen LogP contribution is 2.08. The molecule has 7 nitrogen and oxygen atoms in total. The van der Waals surface area contributed by atoms with Gasteiger partial charge in [0.25, 0.3) is 0 Å². The van der Waals surface area contributed by atoms with Crippen LogP contribution in [0.2, 0.25) is 0 Å². The molecule has 1 heterocycles. The lowest BCUT2D eigenvalue weighted by Crippen LogP contribution is -2.42. The van der Waals surface area contributed by atoms with Crippen molar-refractivity contribution in [1.82, 2.24) is 10.6 Å². The van der Waals surface area contributed by atoms with E-state index in [1.54, 1.807) is 20.8 Å². The first-order chi connectivity index (χ1) is 10.2. The molecule has 0 aliphatic rings. The Morgan fingerprint density at radius 2 is 2.09 bits per heavy atom. The first-order valence-electron chi connectivity index (χ1n) is 7.22. The number of alkyl carbamates (subject to hydrolysis) is 1. The minimum atomic E-state index is -1.02. The van der Waals surface area contributed by atoms with E-state index in [4.69, 9.17) is 14.3 Å². The van der Waals surface area contributed by atoms with Gasteiger partial charge in [-0.05, 0) is 33.3 Å². The number of carbonyl (C=O) groups is 2. The largest absolute Gasteiger partial charge is 0.478 e. The maximum atomic E-state index is 11.6. The molecule has 22 heavy (non-hydrogen) atoms. The van der Waals surface area contributed by atoms with Crippen LogP contribution in [0.3, 0.4) is 0 Å². The van der Waals surface area contributed by atoms with Crippen molar-refractivity contribution in [2.24, 2.45) is 0 Å². The van der Waals surface area contributed by atoms with Crippen LogP contribution < -0.4 is 10.6 Å². The fourth-order valence-corrected chi connectivity index (χ4v) is 1.71. The van der Waals surface area contributed by atoms with Gasteiger partial charge in [0.05, 0.1) is 12.1 Å². The average Bonchev–Trinajstić information content (AvgIpc) is 2.86. The molecule has 0 radical (unpaired) electrons. The Bertz CT molecular complexity index is 504. The van der Waals surface area contributed by atoms with Crippen LogP contribution in [0.15, 0.2) is 16.7 Å². The number of carbonyl (C=O) groups excluding carboxylic acids is 1. The summed E-state index contributed by atoms with van der Waals surface area (Å²) in [5, 5.41) is 14.7. The van der Waals surface area contributed by atoms with E-state index in [9.17, 15) is 9.59 Å². The third-order valence-electron chi connectivity index (χ3n) is 2.85. The smallest absolute Gasteiger partial charge is 0.407 e. The summed E-state index contributed by atoms with van der Waals surface area (Å²) in [6.07, 6.45) is 1.54. The van der Waals surface area contributed by atoms with Crippen LogP contribution in [-0.4, -0.2) is 35.4 Å². The zero-order chi connectivity index (χ0) is 16.8. The van der Waals surface area contributed by atoms with Gasteiger partial charge in [0.2, 0.25) is 0 Å². The second kappa shape index (κ2) is 7.84. The lowest BCUT2D eigenvalue weighted by atomic mass is 10.2. The van der Waals surface area contributed by atoms with E-state index in [1.807, 2.05) is 6.92 Å². The quantitative estimate of drug-likeness (QED) is 0.714. The Kier molecular flexibility index (Phi) is 6.42. The van der Waals surface area contributed by atoms with Crippen LogP contribution in [0, 0.1) is 0 Å². The van der Waals surface area contributed by atoms with Gasteiger partial charge in [0.15, 0.2) is 0 Å². The van der Waals surface area contributed by atoms with Gasteiger partial charge in [-0.1, -0.05) is 6.92 Å². The predicted octanol–water partition coefficient (Wildman–Crippen LogP) is 2.37. The highest BCUT2D eigenvalue weighted by Gasteiger charge is 2.17. The SMILES string of the molecule is CCC(CNC(=O)OC(C)(C)C)NCc1cc(C(=O)O)co1. The van der Waals surface area contributed by atoms with E-state index in [0.29, 0.717) is 18.8 Å². The number of hydrogen-bond acceptors (Lipinski definition) is 5. The number of furan rings is 1. The zero-order valence-electron chi connectivity index (χ0n) is 13.4. The van der Waals surface area contributed by atoms with Crippen molar-refractivity contribution in [3.8, 4) is 0 Å². The first-order valence-corrected chi connectivity index (χ1v) is 7.22. The third-order valence-corrected chi connectivity index (χ3v) is 2.85. The molecule has 0 saturated heterocycles. The molecular formula is C15H24N2O5. The van der Waals surface area contributed by atoms with E-state index < -0.39 is 17.7 Å². The molecule has 3 N–H and O–H groups in total. The molecule has 1 rings (SSSR count). The molecule has 1 amide bonds. The summed E-state index contributed by atoms with van der Waals surface area (Å²) in [7, 11) is 0. The normalized spacial score (nSPS) is 12.7. The molecule has 1 aromatic rings. The molecule has 124 valence electrons. The molecule has 1 atom stereocenters. The molecule has 1 unspecified atom stereocenters. The van der Waals surface area contributed by atoms with Crippen LogP contribution in [0.5, 0.6) is 0 Å². The molecule has 1 aromatic heterocycles. The zero-order valence-corrected chi connectivity index (χ0v) is 13.4. The van der Waals surface area contributed by atoms with Gasteiger partial charge in [-0.25, -0.2) is 9.59 Å². The highest BCUT2D eigenvalue weighted by molar-refractivity contribution is 5.87. The standard InChI is InChI=1S/C15H24N2O5/c1-5-11(7-17-14(20)22-15(2,3)4)16-8-12-6-10(9-21-12)13(18)19/h6,9,11,16H,5,7-8H2,1-4H3,(H,17,20)(H,18,19). The average molecular weight is 312 g/mol. The minimum Gasteiger partial charge on any atom is -0.478 e. The number of carboxylic acid groups (broad SMARTS) is 1. The number of nitrogens with one attached hydrogen (secondary N) is 2. The summed E-state index contributed by atoms with van der Waals surface area (Å²) in [5.41, 5.74) is -0.405. The predicted molar refractivity (Wildman–Crippen MR) is 80.8 cm³/mol. The lowest BCUT2D eigenvalue weighted by Gasteiger charge is -2.22. The summed E-state index contributed by atoms with van der Waals surface area (Å²) < 4.78 is 10.3. The van der Waals surface area contributed by atoms with Crippen LogP contribution in [0.1, 0.15) is 50.2 Å². The fourth-order valence-electron chi connectivity index (χ4n) is 1.71. The number of hydrogen-bond donors (Lipinski definition) is 3. The molecule has 7 heteroatoms. The summed E-state index contributed by atoms with van der Waals surface area (Å²) in [5.74, 6) is -0.484. The number of aromatic carboxylic acids is 1. The van der Waals surface area contributed by atoms with E-state index in [0.717, 1.165) is 6.42 Å². The molecule has 0 aromatic carbocycles. The van der Waals surface area contributed by atoms with Gasteiger partial charge < -0.3 is 24.9 Å². The summed E-state index contributed by atoms with van der Waals surface area (Å²) >= 11 is 0. The van der Waals surface area contributed by atoms with E-state index in [2.05, 4.69) is 10.6 Å². The monoisotopic (exact) mass is 312 g/mol. The molecular weight excluding hydrogens is 288 g/mol. The van der Waals surface area contributed by atoms with E-state index in [1.165, 1.54) is 12.3 Å². The minimum absolute atomic E-state index is 0.0332. The summed E-state index contributed by atoms with van der Waals surface area (Å²) in [4.78, 5) is 22.3. The van der Waals surface area contributed by atoms with Gasteiger partial charge in [-0.2, -0.15) is 0 Å². The molecule has 0 aliphatic carbocycles. The number of amides is 1. The molecule has 0 fully saturated rings. The molecule has 0 bridgehead atoms. The van der Waals surface area contributed by atoms with E-state index >= 15 is 0 Å². The van der Waals surface area contributed by atoms with Crippen molar-refractivity contribution in [1.29, 1.82) is 0 Å². The van der Waals surface area contributed by atoms with Crippen LogP contribution in [-0.2, 0) is 11.3 Å². The Morgan fingerprint density at radius 3 is 2.59 bits per heavy atom. The third kappa shape index (κ3) is 6.62. The second-order valence-corrected chi connectivity index (χ2v) is 5.98. The van der Waals surface area contributed by atoms with Crippen LogP contribution >= 0.6 is 0 Å². The van der Waals surface area contributed by atoms with Crippen molar-refractivity contribution in [3.05, 3.63) is 23.7 Å². The van der Waals surface area contributed by atoms with Crippen molar-refractivity contribution in [2.75, 3.05) is 6.54 Å². The van der Waals surface area contributed by atoms with Gasteiger partial charge in [-0.3, -0.25) is 0 Å². The highest BCUT2D eigenvalue weighted by atomic mass is 16.6. The Morgan fingerprint density at radius 1 is 1.41 bits per heavy atom.